The number of hydrogen-bond acceptors (Lipinski definition) is 6. The molecule has 2 N–H and O–H groups in total. The third-order valence-corrected chi connectivity index (χ3v) is 11.2. The predicted molar refractivity (Wildman–Crippen MR) is 166 cm³/mol. The molecule has 9 nitrogen and oxygen atoms in total. The predicted octanol–water partition coefficient (Wildman–Crippen LogP) is 3.94. The van der Waals surface area contributed by atoms with Crippen molar-refractivity contribution >= 4 is 28.4 Å². The van der Waals surface area contributed by atoms with E-state index in [0.29, 0.717) is 23.9 Å². The normalized spacial score (nSPS) is 28.7. The summed E-state index contributed by atoms with van der Waals surface area (Å²) in [5.74, 6) is 1.05. The Morgan fingerprint density at radius 2 is 2.07 bits per heavy atom. The number of carbonyl (C=O) groups is 1. The van der Waals surface area contributed by atoms with E-state index in [9.17, 15) is 4.79 Å². The Hall–Kier alpha value is -2.72. The van der Waals surface area contributed by atoms with E-state index in [0.717, 1.165) is 74.1 Å². The molecular formula is C32H43ClN8O. The molecule has 2 saturated heterocycles. The maximum absolute atomic E-state index is 12.1. The lowest BCUT2D eigenvalue weighted by molar-refractivity contribution is -0.149. The Morgan fingerprint density at radius 1 is 1.29 bits per heavy atom. The first-order valence-electron chi connectivity index (χ1n) is 15.4. The van der Waals surface area contributed by atoms with Gasteiger partial charge in [0.05, 0.1) is 30.0 Å². The molecule has 1 spiro atoms. The molecule has 3 aromatic rings. The molecule has 2 aromatic heterocycles. The van der Waals surface area contributed by atoms with Crippen molar-refractivity contribution in [1.29, 1.82) is 0 Å². The number of nitrogens with one attached hydrogen (secondary N) is 2. The minimum absolute atomic E-state index is 0.0391. The highest BCUT2D eigenvalue weighted by Crippen LogP contribution is 2.56. The van der Waals surface area contributed by atoms with Crippen LogP contribution in [0.4, 0.5) is 0 Å². The van der Waals surface area contributed by atoms with Crippen LogP contribution in [0.5, 0.6) is 0 Å². The first-order chi connectivity index (χ1) is 20.2. The number of amides is 1. The summed E-state index contributed by atoms with van der Waals surface area (Å²) in [5, 5.41) is 11.3. The second-order valence-electron chi connectivity index (χ2n) is 13.7. The third kappa shape index (κ3) is 4.51. The summed E-state index contributed by atoms with van der Waals surface area (Å²) < 4.78 is 4.39. The molecule has 5 atom stereocenters. The highest BCUT2D eigenvalue weighted by Gasteiger charge is 2.55. The van der Waals surface area contributed by atoms with Gasteiger partial charge in [-0.15, -0.1) is 11.6 Å². The molecule has 7 rings (SSSR count). The number of hydrogen-bond donors (Lipinski definition) is 2. The van der Waals surface area contributed by atoms with Gasteiger partial charge >= 0.3 is 0 Å². The Morgan fingerprint density at radius 3 is 2.81 bits per heavy atom. The number of fused-ring (bicyclic) bond motifs is 2. The highest BCUT2D eigenvalue weighted by atomic mass is 35.5. The van der Waals surface area contributed by atoms with E-state index in [2.05, 4.69) is 77.8 Å². The standard InChI is InChI=1S/C32H43ClN8O/c1-6-27(42)39-17-32(18-39)13-23(14-32)41-20(3)28(29-24-16-34-36-25(24)11-19(2)30(29)33)31(37-41)21-7-8-26-22(12-21)15-35-40(26)10-9-38(4)5/h6-8,12,15,19,23-25,29-30,34,36H,1,9-11,13-14,16-18H2,2-5H3. The first-order valence-corrected chi connectivity index (χ1v) is 15.8. The summed E-state index contributed by atoms with van der Waals surface area (Å²) in [6.07, 6.45) is 6.58. The van der Waals surface area contributed by atoms with Crippen LogP contribution in [0.1, 0.15) is 49.4 Å². The van der Waals surface area contributed by atoms with E-state index in [1.807, 2.05) is 11.1 Å². The zero-order chi connectivity index (χ0) is 29.3. The van der Waals surface area contributed by atoms with Crippen molar-refractivity contribution in [2.24, 2.45) is 17.3 Å². The monoisotopic (exact) mass is 590 g/mol. The number of hydrazine groups is 1. The maximum Gasteiger partial charge on any atom is 0.245 e. The van der Waals surface area contributed by atoms with Crippen LogP contribution >= 0.6 is 11.6 Å². The average Bonchev–Trinajstić information content (AvgIpc) is 3.64. The second-order valence-corrected chi connectivity index (χ2v) is 14.2. The van der Waals surface area contributed by atoms with Crippen LogP contribution in [-0.2, 0) is 11.3 Å². The van der Waals surface area contributed by atoms with Gasteiger partial charge in [0.15, 0.2) is 0 Å². The van der Waals surface area contributed by atoms with Crippen LogP contribution in [0.2, 0.25) is 0 Å². The van der Waals surface area contributed by atoms with Crippen LogP contribution in [0.3, 0.4) is 0 Å². The third-order valence-electron chi connectivity index (χ3n) is 10.5. The van der Waals surface area contributed by atoms with Gasteiger partial charge in [0.2, 0.25) is 5.91 Å². The molecule has 1 aromatic carbocycles. The lowest BCUT2D eigenvalue weighted by atomic mass is 9.60. The van der Waals surface area contributed by atoms with Gasteiger partial charge in [0.25, 0.3) is 0 Å². The van der Waals surface area contributed by atoms with Crippen LogP contribution in [-0.4, -0.2) is 87.0 Å². The van der Waals surface area contributed by atoms with Gasteiger partial charge < -0.3 is 9.80 Å². The lowest BCUT2D eigenvalue weighted by Crippen LogP contribution is -2.63. The molecule has 5 unspecified atom stereocenters. The van der Waals surface area contributed by atoms with Crippen molar-refractivity contribution in [2.75, 3.05) is 40.3 Å². The minimum Gasteiger partial charge on any atom is -0.338 e. The lowest BCUT2D eigenvalue weighted by Gasteiger charge is -2.58. The molecule has 0 radical (unpaired) electrons. The van der Waals surface area contributed by atoms with Gasteiger partial charge in [0.1, 0.15) is 0 Å². The number of carbonyl (C=O) groups excluding carboxylic acids is 1. The van der Waals surface area contributed by atoms with Crippen molar-refractivity contribution in [2.45, 2.75) is 63.0 Å². The molecule has 2 aliphatic heterocycles. The number of rotatable bonds is 7. The van der Waals surface area contributed by atoms with Crippen LogP contribution in [0, 0.1) is 24.2 Å². The Bertz CT molecular complexity index is 1510. The Balaban J connectivity index is 1.26. The maximum atomic E-state index is 12.1. The molecule has 10 heteroatoms. The summed E-state index contributed by atoms with van der Waals surface area (Å²) in [6.45, 7) is 12.5. The van der Waals surface area contributed by atoms with Crippen molar-refractivity contribution in [3.8, 4) is 11.3 Å². The number of likely N-dealkylation sites (tertiary alicyclic amines) is 1. The fourth-order valence-corrected chi connectivity index (χ4v) is 8.70. The fraction of sp³-hybridized carbons (Fsp3) is 0.594. The molecule has 4 heterocycles. The minimum atomic E-state index is 0.0391. The zero-order valence-electron chi connectivity index (χ0n) is 25.2. The van der Waals surface area contributed by atoms with Crippen molar-refractivity contribution in [3.05, 3.63) is 48.3 Å². The van der Waals surface area contributed by atoms with E-state index in [4.69, 9.17) is 21.8 Å². The fourth-order valence-electron chi connectivity index (χ4n) is 8.29. The van der Waals surface area contributed by atoms with Gasteiger partial charge in [-0.3, -0.25) is 25.0 Å². The molecule has 42 heavy (non-hydrogen) atoms. The SMILES string of the molecule is C=CC(=O)N1CC2(CC(n3nc(-c4ccc5c(cnn5CCN(C)C)c4)c(C4C(Cl)C(C)CC5NNCC54)c3C)C2)C1. The largest absolute Gasteiger partial charge is 0.338 e. The van der Waals surface area contributed by atoms with E-state index in [-0.39, 0.29) is 22.6 Å². The van der Waals surface area contributed by atoms with Crippen molar-refractivity contribution in [1.82, 2.24) is 40.2 Å². The second kappa shape index (κ2) is 10.5. The molecule has 4 fully saturated rings. The number of nitrogens with zero attached hydrogens (tertiary/aromatic N) is 6. The number of alkyl halides is 1. The van der Waals surface area contributed by atoms with Gasteiger partial charge in [-0.25, -0.2) is 0 Å². The number of benzene rings is 1. The van der Waals surface area contributed by atoms with Crippen molar-refractivity contribution < 1.29 is 4.79 Å². The van der Waals surface area contributed by atoms with Crippen LogP contribution < -0.4 is 10.9 Å². The van der Waals surface area contributed by atoms with E-state index in [1.54, 1.807) is 0 Å². The quantitative estimate of drug-likeness (QED) is 0.320. The summed E-state index contributed by atoms with van der Waals surface area (Å²) >= 11 is 7.34. The van der Waals surface area contributed by atoms with Gasteiger partial charge in [-0.05, 0) is 70.3 Å². The Labute approximate surface area is 253 Å². The first kappa shape index (κ1) is 28.1. The van der Waals surface area contributed by atoms with E-state index >= 15 is 0 Å². The molecular weight excluding hydrogens is 548 g/mol. The summed E-state index contributed by atoms with van der Waals surface area (Å²) in [5.41, 5.74) is 13.1. The van der Waals surface area contributed by atoms with Gasteiger partial charge in [-0.2, -0.15) is 10.2 Å². The van der Waals surface area contributed by atoms with E-state index < -0.39 is 0 Å². The van der Waals surface area contributed by atoms with Crippen molar-refractivity contribution in [3.63, 3.8) is 0 Å². The highest BCUT2D eigenvalue weighted by molar-refractivity contribution is 6.21. The summed E-state index contributed by atoms with van der Waals surface area (Å²) in [4.78, 5) is 16.2. The van der Waals surface area contributed by atoms with E-state index in [1.165, 1.54) is 17.3 Å². The van der Waals surface area contributed by atoms with Crippen LogP contribution in [0.25, 0.3) is 22.2 Å². The topological polar surface area (TPSA) is 83.2 Å². The number of aromatic nitrogens is 4. The number of halogens is 1. The molecule has 2 aliphatic carbocycles. The van der Waals surface area contributed by atoms with Crippen LogP contribution in [0.15, 0.2) is 37.1 Å². The summed E-state index contributed by atoms with van der Waals surface area (Å²) in [7, 11) is 4.18. The molecule has 4 aliphatic rings. The average molecular weight is 591 g/mol. The summed E-state index contributed by atoms with van der Waals surface area (Å²) in [6, 6.07) is 7.42. The molecule has 0 bridgehead atoms. The number of likely N-dealkylation sites (N-methyl/N-ethyl adjacent to an activating group) is 1. The smallest absolute Gasteiger partial charge is 0.245 e. The Kier molecular flexibility index (Phi) is 7.00. The van der Waals surface area contributed by atoms with Gasteiger partial charge in [-0.1, -0.05) is 19.6 Å². The molecule has 2 saturated carbocycles. The molecule has 1 amide bonds. The van der Waals surface area contributed by atoms with Gasteiger partial charge in [0, 0.05) is 71.1 Å². The zero-order valence-corrected chi connectivity index (χ0v) is 25.9. The molecule has 224 valence electrons.